The second-order valence-electron chi connectivity index (χ2n) is 5.09. The number of nitrogens with zero attached hydrogens (tertiary/aromatic N) is 2. The summed E-state index contributed by atoms with van der Waals surface area (Å²) in [5.74, 6) is 0.0462. The smallest absolute Gasteiger partial charge is 0.315 e. The summed E-state index contributed by atoms with van der Waals surface area (Å²) in [7, 11) is 0. The molecule has 1 aromatic rings. The van der Waals surface area contributed by atoms with Gasteiger partial charge in [-0.2, -0.15) is 0 Å². The molecule has 1 aliphatic heterocycles. The SMILES string of the molecule is NC(=O)N1CCCCC1Cc1ccc(N=C(N)N)cc1. The lowest BCUT2D eigenvalue weighted by Gasteiger charge is -2.34. The molecule has 1 atom stereocenters. The van der Waals surface area contributed by atoms with Crippen molar-refractivity contribution in [2.24, 2.45) is 22.2 Å². The standard InChI is InChI=1S/C14H21N5O/c15-13(16)18-11-6-4-10(5-7-11)9-12-3-1-2-8-19(12)14(17)20/h4-7,12H,1-3,8-9H2,(H2,17,20)(H4,15,16,18). The molecule has 108 valence electrons. The van der Waals surface area contributed by atoms with Crippen LogP contribution in [0, 0.1) is 0 Å². The number of urea groups is 1. The lowest BCUT2D eigenvalue weighted by molar-refractivity contribution is 0.159. The average molecular weight is 275 g/mol. The van der Waals surface area contributed by atoms with Crippen LogP contribution >= 0.6 is 0 Å². The summed E-state index contributed by atoms with van der Waals surface area (Å²) < 4.78 is 0. The van der Waals surface area contributed by atoms with Gasteiger partial charge in [-0.25, -0.2) is 9.79 Å². The Bertz CT molecular complexity index is 493. The fourth-order valence-corrected chi connectivity index (χ4v) is 2.63. The maximum Gasteiger partial charge on any atom is 0.315 e. The van der Waals surface area contributed by atoms with Gasteiger partial charge < -0.3 is 22.1 Å². The zero-order valence-electron chi connectivity index (χ0n) is 11.5. The molecule has 1 unspecified atom stereocenters. The highest BCUT2D eigenvalue weighted by Gasteiger charge is 2.24. The van der Waals surface area contributed by atoms with Crippen molar-refractivity contribution in [1.82, 2.24) is 4.90 Å². The summed E-state index contributed by atoms with van der Waals surface area (Å²) in [6, 6.07) is 7.56. The number of hydrogen-bond acceptors (Lipinski definition) is 2. The van der Waals surface area contributed by atoms with Crippen LogP contribution < -0.4 is 17.2 Å². The van der Waals surface area contributed by atoms with Crippen molar-refractivity contribution in [2.45, 2.75) is 31.7 Å². The Morgan fingerprint density at radius 2 is 1.90 bits per heavy atom. The first kappa shape index (κ1) is 14.2. The van der Waals surface area contributed by atoms with E-state index < -0.39 is 0 Å². The molecule has 0 saturated carbocycles. The zero-order chi connectivity index (χ0) is 14.5. The number of rotatable bonds is 3. The molecule has 6 N–H and O–H groups in total. The van der Waals surface area contributed by atoms with Gasteiger partial charge in [-0.05, 0) is 43.4 Å². The Hall–Kier alpha value is -2.24. The molecule has 1 saturated heterocycles. The third-order valence-corrected chi connectivity index (χ3v) is 3.58. The van der Waals surface area contributed by atoms with Crippen molar-refractivity contribution in [2.75, 3.05) is 6.54 Å². The molecular weight excluding hydrogens is 254 g/mol. The molecule has 20 heavy (non-hydrogen) atoms. The molecular formula is C14H21N5O. The molecule has 2 amide bonds. The molecule has 1 aromatic carbocycles. The second-order valence-corrected chi connectivity index (χ2v) is 5.09. The van der Waals surface area contributed by atoms with Gasteiger partial charge in [0.2, 0.25) is 0 Å². The summed E-state index contributed by atoms with van der Waals surface area (Å²) in [6.07, 6.45) is 3.98. The average Bonchev–Trinajstić information content (AvgIpc) is 2.41. The Kier molecular flexibility index (Phi) is 4.45. The predicted molar refractivity (Wildman–Crippen MR) is 79.5 cm³/mol. The summed E-state index contributed by atoms with van der Waals surface area (Å²) in [5, 5.41) is 0. The number of nitrogens with two attached hydrogens (primary N) is 3. The van der Waals surface area contributed by atoms with Gasteiger partial charge in [-0.1, -0.05) is 12.1 Å². The number of benzene rings is 1. The molecule has 0 bridgehead atoms. The van der Waals surface area contributed by atoms with Gasteiger partial charge in [-0.15, -0.1) is 0 Å². The Balaban J connectivity index is 2.05. The van der Waals surface area contributed by atoms with E-state index in [1.807, 2.05) is 24.3 Å². The van der Waals surface area contributed by atoms with Gasteiger partial charge >= 0.3 is 6.03 Å². The largest absolute Gasteiger partial charge is 0.370 e. The molecule has 6 heteroatoms. The minimum absolute atomic E-state index is 0.0462. The zero-order valence-corrected chi connectivity index (χ0v) is 11.5. The number of amides is 2. The van der Waals surface area contributed by atoms with Gasteiger partial charge in [0.05, 0.1) is 5.69 Å². The number of carbonyl (C=O) groups excluding carboxylic acids is 1. The number of guanidine groups is 1. The van der Waals surface area contributed by atoms with Crippen LogP contribution in [-0.4, -0.2) is 29.5 Å². The molecule has 0 aromatic heterocycles. The van der Waals surface area contributed by atoms with Crippen molar-refractivity contribution in [3.05, 3.63) is 29.8 Å². The van der Waals surface area contributed by atoms with Gasteiger partial charge in [-0.3, -0.25) is 0 Å². The highest BCUT2D eigenvalue weighted by atomic mass is 16.2. The molecule has 1 aliphatic rings. The Morgan fingerprint density at radius 3 is 2.50 bits per heavy atom. The first-order chi connectivity index (χ1) is 9.56. The van der Waals surface area contributed by atoms with Gasteiger partial charge in [0, 0.05) is 12.6 Å². The topological polar surface area (TPSA) is 111 Å². The number of piperidine rings is 1. The third-order valence-electron chi connectivity index (χ3n) is 3.58. The molecule has 0 radical (unpaired) electrons. The van der Waals surface area contributed by atoms with Crippen LogP contribution in [0.3, 0.4) is 0 Å². The van der Waals surface area contributed by atoms with Gasteiger partial charge in [0.15, 0.2) is 5.96 Å². The fraction of sp³-hybridized carbons (Fsp3) is 0.429. The lowest BCUT2D eigenvalue weighted by Crippen LogP contribution is -2.47. The fourth-order valence-electron chi connectivity index (χ4n) is 2.63. The summed E-state index contributed by atoms with van der Waals surface area (Å²) in [5.41, 5.74) is 18.0. The molecule has 1 fully saturated rings. The van der Waals surface area contributed by atoms with Crippen LogP contribution in [0.5, 0.6) is 0 Å². The van der Waals surface area contributed by atoms with E-state index in [4.69, 9.17) is 17.2 Å². The van der Waals surface area contributed by atoms with Crippen molar-refractivity contribution < 1.29 is 4.79 Å². The van der Waals surface area contributed by atoms with E-state index in [1.165, 1.54) is 0 Å². The number of carbonyl (C=O) groups is 1. The quantitative estimate of drug-likeness (QED) is 0.566. The van der Waals surface area contributed by atoms with E-state index in [-0.39, 0.29) is 18.0 Å². The molecule has 6 nitrogen and oxygen atoms in total. The van der Waals surface area contributed by atoms with E-state index in [1.54, 1.807) is 4.90 Å². The summed E-state index contributed by atoms with van der Waals surface area (Å²) in [6.45, 7) is 0.756. The third kappa shape index (κ3) is 3.63. The van der Waals surface area contributed by atoms with E-state index in [9.17, 15) is 4.79 Å². The second kappa shape index (κ2) is 6.27. The normalized spacial score (nSPS) is 18.6. The van der Waals surface area contributed by atoms with Crippen LogP contribution in [-0.2, 0) is 6.42 Å². The summed E-state index contributed by atoms with van der Waals surface area (Å²) >= 11 is 0. The molecule has 0 aliphatic carbocycles. The van der Waals surface area contributed by atoms with Crippen molar-refractivity contribution >= 4 is 17.7 Å². The van der Waals surface area contributed by atoms with Crippen molar-refractivity contribution in [3.8, 4) is 0 Å². The van der Waals surface area contributed by atoms with Crippen LogP contribution in [0.25, 0.3) is 0 Å². The summed E-state index contributed by atoms with van der Waals surface area (Å²) in [4.78, 5) is 17.2. The minimum atomic E-state index is -0.327. The highest BCUT2D eigenvalue weighted by molar-refractivity contribution is 5.79. The predicted octanol–water partition coefficient (Wildman–Crippen LogP) is 1.07. The van der Waals surface area contributed by atoms with Crippen LogP contribution in [0.1, 0.15) is 24.8 Å². The molecule has 1 heterocycles. The van der Waals surface area contributed by atoms with E-state index in [0.717, 1.165) is 43.5 Å². The van der Waals surface area contributed by atoms with E-state index in [0.29, 0.717) is 0 Å². The number of hydrogen-bond donors (Lipinski definition) is 3. The van der Waals surface area contributed by atoms with Crippen molar-refractivity contribution in [1.29, 1.82) is 0 Å². The van der Waals surface area contributed by atoms with Gasteiger partial charge in [0.25, 0.3) is 0 Å². The minimum Gasteiger partial charge on any atom is -0.370 e. The van der Waals surface area contributed by atoms with E-state index >= 15 is 0 Å². The lowest BCUT2D eigenvalue weighted by atomic mass is 9.96. The first-order valence-corrected chi connectivity index (χ1v) is 6.81. The Labute approximate surface area is 118 Å². The first-order valence-electron chi connectivity index (χ1n) is 6.81. The number of likely N-dealkylation sites (tertiary alicyclic amines) is 1. The maximum atomic E-state index is 11.4. The number of primary amides is 1. The van der Waals surface area contributed by atoms with Crippen molar-refractivity contribution in [3.63, 3.8) is 0 Å². The molecule has 0 spiro atoms. The Morgan fingerprint density at radius 1 is 1.20 bits per heavy atom. The van der Waals surface area contributed by atoms with Gasteiger partial charge in [0.1, 0.15) is 0 Å². The maximum absolute atomic E-state index is 11.4. The van der Waals surface area contributed by atoms with E-state index in [2.05, 4.69) is 4.99 Å². The number of aliphatic imine (C=N–C) groups is 1. The molecule has 2 rings (SSSR count). The van der Waals surface area contributed by atoms with Crippen LogP contribution in [0.2, 0.25) is 0 Å². The van der Waals surface area contributed by atoms with Crippen LogP contribution in [0.15, 0.2) is 29.3 Å². The monoisotopic (exact) mass is 275 g/mol. The highest BCUT2D eigenvalue weighted by Crippen LogP contribution is 2.21. The van der Waals surface area contributed by atoms with Crippen LogP contribution in [0.4, 0.5) is 10.5 Å².